The van der Waals surface area contributed by atoms with Gasteiger partial charge in [0.25, 0.3) is 0 Å². The van der Waals surface area contributed by atoms with E-state index in [9.17, 15) is 0 Å². The lowest BCUT2D eigenvalue weighted by Gasteiger charge is -2.28. The summed E-state index contributed by atoms with van der Waals surface area (Å²) in [5, 5.41) is 0.711. The third kappa shape index (κ3) is 3.35. The number of likely N-dealkylation sites (N-methyl/N-ethyl adjacent to an activating group) is 1. The largest absolute Gasteiger partial charge is 0.496 e. The first-order valence-electron chi connectivity index (χ1n) is 5.88. The molecule has 1 rings (SSSR count). The Labute approximate surface area is 109 Å². The first kappa shape index (κ1) is 14.3. The Bertz CT molecular complexity index is 357. The molecule has 0 aliphatic carbocycles. The predicted octanol–water partition coefficient (Wildman–Crippen LogP) is 2.69. The van der Waals surface area contributed by atoms with Gasteiger partial charge in [-0.05, 0) is 32.1 Å². The van der Waals surface area contributed by atoms with Gasteiger partial charge in [-0.2, -0.15) is 0 Å². The molecule has 1 atom stereocenters. The second kappa shape index (κ2) is 6.84. The Morgan fingerprint density at radius 3 is 2.71 bits per heavy atom. The summed E-state index contributed by atoms with van der Waals surface area (Å²) in [6.07, 6.45) is 1.08. The highest BCUT2D eigenvalue weighted by Gasteiger charge is 2.21. The summed E-state index contributed by atoms with van der Waals surface area (Å²) in [4.78, 5) is 2.21. The maximum atomic E-state index is 6.26. The summed E-state index contributed by atoms with van der Waals surface area (Å²) in [5.74, 6) is 0.802. The third-order valence-corrected chi connectivity index (χ3v) is 3.23. The Kier molecular flexibility index (Phi) is 5.75. The second-order valence-electron chi connectivity index (χ2n) is 4.09. The van der Waals surface area contributed by atoms with Crippen molar-refractivity contribution in [3.8, 4) is 5.75 Å². The van der Waals surface area contributed by atoms with Gasteiger partial charge in [0.1, 0.15) is 5.75 Å². The maximum absolute atomic E-state index is 6.26. The monoisotopic (exact) mass is 256 g/mol. The van der Waals surface area contributed by atoms with E-state index in [1.54, 1.807) is 7.11 Å². The minimum absolute atomic E-state index is 0.0959. The van der Waals surface area contributed by atoms with E-state index in [0.717, 1.165) is 24.3 Å². The number of nitrogens with two attached hydrogens (primary N) is 1. The minimum atomic E-state index is 0.0959. The van der Waals surface area contributed by atoms with Gasteiger partial charge in [0.2, 0.25) is 0 Å². The summed E-state index contributed by atoms with van der Waals surface area (Å²) in [6, 6.07) is 5.78. The molecule has 0 amide bonds. The molecule has 1 aromatic rings. The zero-order valence-electron chi connectivity index (χ0n) is 10.7. The van der Waals surface area contributed by atoms with Gasteiger partial charge >= 0.3 is 0 Å². The van der Waals surface area contributed by atoms with Crippen molar-refractivity contribution < 1.29 is 4.74 Å². The first-order chi connectivity index (χ1) is 8.15. The van der Waals surface area contributed by atoms with E-state index < -0.39 is 0 Å². The number of ether oxygens (including phenoxy) is 1. The Hall–Kier alpha value is -0.770. The minimum Gasteiger partial charge on any atom is -0.496 e. The zero-order valence-corrected chi connectivity index (χ0v) is 11.5. The smallest absolute Gasteiger partial charge is 0.125 e. The molecule has 4 heteroatoms. The number of rotatable bonds is 6. The molecule has 0 aliphatic rings. The Morgan fingerprint density at radius 1 is 1.47 bits per heavy atom. The molecule has 17 heavy (non-hydrogen) atoms. The van der Waals surface area contributed by atoms with Crippen LogP contribution in [0.4, 0.5) is 0 Å². The van der Waals surface area contributed by atoms with Crippen molar-refractivity contribution in [2.24, 2.45) is 5.73 Å². The van der Waals surface area contributed by atoms with E-state index in [0.29, 0.717) is 11.6 Å². The molecule has 96 valence electrons. The number of hydrogen-bond acceptors (Lipinski definition) is 3. The van der Waals surface area contributed by atoms with Gasteiger partial charge in [0, 0.05) is 17.1 Å². The average molecular weight is 257 g/mol. The summed E-state index contributed by atoms with van der Waals surface area (Å²) in [6.45, 7) is 3.65. The number of halogens is 1. The number of methoxy groups -OCH3 is 1. The fourth-order valence-electron chi connectivity index (χ4n) is 2.05. The lowest BCUT2D eigenvalue weighted by molar-refractivity contribution is 0.245. The molecule has 0 spiro atoms. The summed E-state index contributed by atoms with van der Waals surface area (Å²) < 4.78 is 5.37. The van der Waals surface area contributed by atoms with Crippen LogP contribution < -0.4 is 10.5 Å². The summed E-state index contributed by atoms with van der Waals surface area (Å²) in [7, 11) is 3.71. The highest BCUT2D eigenvalue weighted by atomic mass is 35.5. The molecule has 0 saturated heterocycles. The van der Waals surface area contributed by atoms with Crippen molar-refractivity contribution >= 4 is 11.6 Å². The number of nitrogens with zero attached hydrogens (tertiary/aromatic N) is 1. The van der Waals surface area contributed by atoms with Crippen molar-refractivity contribution in [1.82, 2.24) is 4.90 Å². The molecule has 3 nitrogen and oxygen atoms in total. The van der Waals surface area contributed by atoms with Crippen LogP contribution in [0.1, 0.15) is 24.9 Å². The molecule has 0 radical (unpaired) electrons. The van der Waals surface area contributed by atoms with Gasteiger partial charge in [-0.1, -0.05) is 24.6 Å². The van der Waals surface area contributed by atoms with Gasteiger partial charge in [-0.25, -0.2) is 0 Å². The van der Waals surface area contributed by atoms with E-state index >= 15 is 0 Å². The quantitative estimate of drug-likeness (QED) is 0.851. The van der Waals surface area contributed by atoms with E-state index in [1.165, 1.54) is 0 Å². The van der Waals surface area contributed by atoms with Crippen molar-refractivity contribution in [2.75, 3.05) is 27.2 Å². The molecule has 1 aromatic carbocycles. The van der Waals surface area contributed by atoms with Crippen LogP contribution in [0.15, 0.2) is 18.2 Å². The van der Waals surface area contributed by atoms with Crippen LogP contribution in [0.2, 0.25) is 5.02 Å². The van der Waals surface area contributed by atoms with Crippen LogP contribution in [0.25, 0.3) is 0 Å². The van der Waals surface area contributed by atoms with Gasteiger partial charge in [-0.3, -0.25) is 4.90 Å². The van der Waals surface area contributed by atoms with Crippen molar-refractivity contribution in [1.29, 1.82) is 0 Å². The highest BCUT2D eigenvalue weighted by Crippen LogP contribution is 2.34. The number of hydrogen-bond donors (Lipinski definition) is 1. The molecule has 0 aromatic heterocycles. The van der Waals surface area contributed by atoms with Crippen LogP contribution in [0.5, 0.6) is 5.75 Å². The summed E-state index contributed by atoms with van der Waals surface area (Å²) >= 11 is 6.26. The van der Waals surface area contributed by atoms with Gasteiger partial charge in [0.15, 0.2) is 0 Å². The zero-order chi connectivity index (χ0) is 12.8. The van der Waals surface area contributed by atoms with E-state index in [-0.39, 0.29) is 6.04 Å². The van der Waals surface area contributed by atoms with Crippen LogP contribution in [-0.2, 0) is 0 Å². The standard InChI is InChI=1S/C13H21ClN2O/c1-4-8-16(2)11(9-15)13-10(14)6-5-7-12(13)17-3/h5-7,11H,4,8-9,15H2,1-3H3. The lowest BCUT2D eigenvalue weighted by atomic mass is 10.0. The fourth-order valence-corrected chi connectivity index (χ4v) is 2.34. The fraction of sp³-hybridized carbons (Fsp3) is 0.538. The SMILES string of the molecule is CCCN(C)C(CN)c1c(Cl)cccc1OC. The third-order valence-electron chi connectivity index (χ3n) is 2.90. The second-order valence-corrected chi connectivity index (χ2v) is 4.50. The molecule has 0 bridgehead atoms. The van der Waals surface area contributed by atoms with Crippen LogP contribution in [-0.4, -0.2) is 32.1 Å². The average Bonchev–Trinajstić information content (AvgIpc) is 2.32. The van der Waals surface area contributed by atoms with Gasteiger partial charge in [-0.15, -0.1) is 0 Å². The van der Waals surface area contributed by atoms with E-state index in [1.807, 2.05) is 18.2 Å². The van der Waals surface area contributed by atoms with Crippen LogP contribution in [0, 0.1) is 0 Å². The molecule has 0 saturated carbocycles. The van der Waals surface area contributed by atoms with Crippen molar-refractivity contribution in [3.05, 3.63) is 28.8 Å². The molecular weight excluding hydrogens is 236 g/mol. The molecule has 2 N–H and O–H groups in total. The Balaban J connectivity index is 3.10. The highest BCUT2D eigenvalue weighted by molar-refractivity contribution is 6.31. The topological polar surface area (TPSA) is 38.5 Å². The van der Waals surface area contributed by atoms with Crippen molar-refractivity contribution in [3.63, 3.8) is 0 Å². The lowest BCUT2D eigenvalue weighted by Crippen LogP contribution is -2.31. The summed E-state index contributed by atoms with van der Waals surface area (Å²) in [5.41, 5.74) is 6.85. The van der Waals surface area contributed by atoms with Gasteiger partial charge < -0.3 is 10.5 Å². The van der Waals surface area contributed by atoms with Crippen LogP contribution in [0.3, 0.4) is 0 Å². The molecule has 1 unspecified atom stereocenters. The van der Waals surface area contributed by atoms with E-state index in [2.05, 4.69) is 18.9 Å². The van der Waals surface area contributed by atoms with Crippen LogP contribution >= 0.6 is 11.6 Å². The maximum Gasteiger partial charge on any atom is 0.125 e. The van der Waals surface area contributed by atoms with Gasteiger partial charge in [0.05, 0.1) is 13.2 Å². The van der Waals surface area contributed by atoms with Crippen molar-refractivity contribution in [2.45, 2.75) is 19.4 Å². The van der Waals surface area contributed by atoms with E-state index in [4.69, 9.17) is 22.1 Å². The molecule has 0 aliphatic heterocycles. The first-order valence-corrected chi connectivity index (χ1v) is 6.26. The number of benzene rings is 1. The molecule has 0 fully saturated rings. The predicted molar refractivity (Wildman–Crippen MR) is 72.7 cm³/mol. The Morgan fingerprint density at radius 2 is 2.18 bits per heavy atom. The normalized spacial score (nSPS) is 12.8. The molecule has 0 heterocycles. The molecular formula is C13H21ClN2O.